The highest BCUT2D eigenvalue weighted by Crippen LogP contribution is 1.98. The van der Waals surface area contributed by atoms with E-state index in [-0.39, 0.29) is 6.54 Å². The molecule has 8 N–H and O–H groups in total. The third-order valence-electron chi connectivity index (χ3n) is 3.07. The first-order chi connectivity index (χ1) is 11.0. The van der Waals surface area contributed by atoms with Crippen LogP contribution in [0.5, 0.6) is 0 Å². The number of carboxylic acid groups (broad SMARTS) is 1. The molecule has 11 nitrogen and oxygen atoms in total. The Labute approximate surface area is 138 Å². The maximum absolute atomic E-state index is 12.0. The van der Waals surface area contributed by atoms with Crippen LogP contribution in [0.15, 0.2) is 0 Å². The number of aliphatic hydroxyl groups is 2. The largest absolute Gasteiger partial charge is 0.480 e. The lowest BCUT2D eigenvalue weighted by Crippen LogP contribution is -2.58. The van der Waals surface area contributed by atoms with E-state index in [1.807, 2.05) is 0 Å². The molecule has 0 heterocycles. The molecule has 24 heavy (non-hydrogen) atoms. The summed E-state index contributed by atoms with van der Waals surface area (Å²) in [4.78, 5) is 46.1. The molecule has 5 unspecified atom stereocenters. The molecule has 3 amide bonds. The van der Waals surface area contributed by atoms with Gasteiger partial charge in [-0.05, 0) is 20.8 Å². The molecule has 0 aromatic rings. The van der Waals surface area contributed by atoms with E-state index in [0.29, 0.717) is 0 Å². The zero-order chi connectivity index (χ0) is 19.0. The van der Waals surface area contributed by atoms with Gasteiger partial charge in [0.1, 0.15) is 12.1 Å². The smallest absolute Gasteiger partial charge is 0.328 e. The third kappa shape index (κ3) is 6.89. The number of hydrogen-bond acceptors (Lipinski definition) is 7. The van der Waals surface area contributed by atoms with Crippen molar-refractivity contribution in [1.82, 2.24) is 16.0 Å². The molecule has 0 aliphatic heterocycles. The van der Waals surface area contributed by atoms with E-state index in [9.17, 15) is 29.4 Å². The number of aliphatic hydroxyl groups excluding tert-OH is 2. The minimum absolute atomic E-state index is 0.388. The van der Waals surface area contributed by atoms with Gasteiger partial charge < -0.3 is 37.0 Å². The molecule has 0 aliphatic rings. The Morgan fingerprint density at radius 1 is 0.875 bits per heavy atom. The number of hydrogen-bond donors (Lipinski definition) is 7. The van der Waals surface area contributed by atoms with Crippen LogP contribution in [0, 0.1) is 0 Å². The summed E-state index contributed by atoms with van der Waals surface area (Å²) in [5, 5.41) is 34.2. The fraction of sp³-hybridized carbons (Fsp3) is 0.692. The fourth-order valence-corrected chi connectivity index (χ4v) is 1.67. The quantitative estimate of drug-likeness (QED) is 0.221. The zero-order valence-corrected chi connectivity index (χ0v) is 13.6. The maximum Gasteiger partial charge on any atom is 0.328 e. The molecule has 0 aromatic heterocycles. The number of carbonyl (C=O) groups is 4. The number of carbonyl (C=O) groups excluding carboxylic acids is 3. The summed E-state index contributed by atoms with van der Waals surface area (Å²) in [5.41, 5.74) is 5.11. The van der Waals surface area contributed by atoms with Crippen molar-refractivity contribution in [2.45, 2.75) is 51.1 Å². The number of rotatable bonds is 9. The number of nitrogens with two attached hydrogens (primary N) is 1. The van der Waals surface area contributed by atoms with Gasteiger partial charge in [-0.15, -0.1) is 0 Å². The molecule has 5 atom stereocenters. The topological polar surface area (TPSA) is 191 Å². The van der Waals surface area contributed by atoms with E-state index >= 15 is 0 Å². The lowest BCUT2D eigenvalue weighted by atomic mass is 10.1. The third-order valence-corrected chi connectivity index (χ3v) is 3.07. The number of amides is 3. The minimum Gasteiger partial charge on any atom is -0.480 e. The predicted molar refractivity (Wildman–Crippen MR) is 81.5 cm³/mol. The molecular weight excluding hydrogens is 324 g/mol. The Morgan fingerprint density at radius 3 is 1.75 bits per heavy atom. The van der Waals surface area contributed by atoms with Gasteiger partial charge in [-0.3, -0.25) is 14.4 Å². The second-order valence-electron chi connectivity index (χ2n) is 5.29. The summed E-state index contributed by atoms with van der Waals surface area (Å²) in [6, 6.07) is -4.04. The van der Waals surface area contributed by atoms with Crippen molar-refractivity contribution in [1.29, 1.82) is 0 Å². The van der Waals surface area contributed by atoms with Gasteiger partial charge in [0.15, 0.2) is 6.04 Å². The molecule has 11 heteroatoms. The van der Waals surface area contributed by atoms with Gasteiger partial charge in [0, 0.05) is 0 Å². The zero-order valence-electron chi connectivity index (χ0n) is 13.6. The molecule has 0 aliphatic carbocycles. The fourth-order valence-electron chi connectivity index (χ4n) is 1.67. The number of nitrogens with one attached hydrogen (secondary N) is 3. The average molecular weight is 348 g/mol. The van der Waals surface area contributed by atoms with Crippen LogP contribution >= 0.6 is 0 Å². The first-order valence-corrected chi connectivity index (χ1v) is 7.20. The van der Waals surface area contributed by atoms with Crippen molar-refractivity contribution in [3.63, 3.8) is 0 Å². The molecule has 0 rings (SSSR count). The summed E-state index contributed by atoms with van der Waals surface area (Å²) in [6.07, 6.45) is -2.59. The Kier molecular flexibility index (Phi) is 8.89. The van der Waals surface area contributed by atoms with Gasteiger partial charge in [-0.2, -0.15) is 0 Å². The molecule has 0 fully saturated rings. The minimum atomic E-state index is -1.54. The van der Waals surface area contributed by atoms with Gasteiger partial charge in [-0.1, -0.05) is 0 Å². The Balaban J connectivity index is 4.84. The SMILES string of the molecule is CC(NC(=O)C(NC(=O)CN)C(C)O)C(=O)NC(C(=O)O)C(C)O. The molecule has 0 saturated heterocycles. The monoisotopic (exact) mass is 348 g/mol. The van der Waals surface area contributed by atoms with E-state index in [1.165, 1.54) is 20.8 Å². The van der Waals surface area contributed by atoms with E-state index in [0.717, 1.165) is 0 Å². The van der Waals surface area contributed by atoms with Crippen LogP contribution in [-0.2, 0) is 19.2 Å². The first-order valence-electron chi connectivity index (χ1n) is 7.20. The standard InChI is InChI=1S/C13H24N4O7/c1-5(11(21)17-10(7(3)19)13(23)24)15-12(22)9(6(2)18)16-8(20)4-14/h5-7,9-10,18-19H,4,14H2,1-3H3,(H,15,22)(H,16,20)(H,17,21)(H,23,24). The Morgan fingerprint density at radius 2 is 1.38 bits per heavy atom. The average Bonchev–Trinajstić information content (AvgIpc) is 2.48. The van der Waals surface area contributed by atoms with Crippen LogP contribution in [0.25, 0.3) is 0 Å². The van der Waals surface area contributed by atoms with Gasteiger partial charge in [0.05, 0.1) is 18.8 Å². The molecule has 0 spiro atoms. The Hall–Kier alpha value is -2.24. The molecular formula is C13H24N4O7. The van der Waals surface area contributed by atoms with E-state index in [4.69, 9.17) is 10.8 Å². The number of carboxylic acids is 1. The first kappa shape index (κ1) is 21.8. The molecule has 138 valence electrons. The van der Waals surface area contributed by atoms with Crippen molar-refractivity contribution in [3.8, 4) is 0 Å². The van der Waals surface area contributed by atoms with Gasteiger partial charge in [0.25, 0.3) is 0 Å². The van der Waals surface area contributed by atoms with Crippen LogP contribution in [0.2, 0.25) is 0 Å². The predicted octanol–water partition coefficient (Wildman–Crippen LogP) is -3.73. The number of aliphatic carboxylic acids is 1. The van der Waals surface area contributed by atoms with Crippen LogP contribution in [-0.4, -0.2) is 75.9 Å². The summed E-state index contributed by atoms with van der Waals surface area (Å²) in [7, 11) is 0. The lowest BCUT2D eigenvalue weighted by molar-refractivity contribution is -0.145. The van der Waals surface area contributed by atoms with Crippen LogP contribution in [0.4, 0.5) is 0 Å². The summed E-state index contributed by atoms with van der Waals surface area (Å²) < 4.78 is 0. The van der Waals surface area contributed by atoms with Crippen molar-refractivity contribution in [2.24, 2.45) is 5.73 Å². The summed E-state index contributed by atoms with van der Waals surface area (Å²) in [5.74, 6) is -3.81. The van der Waals surface area contributed by atoms with Crippen LogP contribution in [0.1, 0.15) is 20.8 Å². The highest BCUT2D eigenvalue weighted by Gasteiger charge is 2.30. The normalized spacial score (nSPS) is 16.9. The summed E-state index contributed by atoms with van der Waals surface area (Å²) in [6.45, 7) is 3.34. The summed E-state index contributed by atoms with van der Waals surface area (Å²) >= 11 is 0. The van der Waals surface area contributed by atoms with Crippen LogP contribution in [0.3, 0.4) is 0 Å². The second kappa shape index (κ2) is 9.80. The molecule has 0 radical (unpaired) electrons. The van der Waals surface area contributed by atoms with Crippen molar-refractivity contribution in [3.05, 3.63) is 0 Å². The highest BCUT2D eigenvalue weighted by molar-refractivity contribution is 5.93. The van der Waals surface area contributed by atoms with E-state index in [2.05, 4.69) is 16.0 Å². The maximum atomic E-state index is 12.0. The van der Waals surface area contributed by atoms with Crippen molar-refractivity contribution in [2.75, 3.05) is 6.54 Å². The van der Waals surface area contributed by atoms with E-state index in [1.54, 1.807) is 0 Å². The highest BCUT2D eigenvalue weighted by atomic mass is 16.4. The van der Waals surface area contributed by atoms with Gasteiger partial charge in [-0.25, -0.2) is 4.79 Å². The Bertz CT molecular complexity index is 481. The molecule has 0 aromatic carbocycles. The van der Waals surface area contributed by atoms with Crippen molar-refractivity contribution < 1.29 is 34.5 Å². The van der Waals surface area contributed by atoms with Crippen molar-refractivity contribution >= 4 is 23.7 Å². The second-order valence-corrected chi connectivity index (χ2v) is 5.29. The van der Waals surface area contributed by atoms with Gasteiger partial charge >= 0.3 is 5.97 Å². The molecule has 0 bridgehead atoms. The van der Waals surface area contributed by atoms with E-state index < -0.39 is 54.0 Å². The molecule has 0 saturated carbocycles. The van der Waals surface area contributed by atoms with Crippen LogP contribution < -0.4 is 21.7 Å². The van der Waals surface area contributed by atoms with Gasteiger partial charge in [0.2, 0.25) is 17.7 Å². The lowest BCUT2D eigenvalue weighted by Gasteiger charge is -2.24.